The lowest BCUT2D eigenvalue weighted by atomic mass is 9.86. The van der Waals surface area contributed by atoms with Crippen LogP contribution in [0, 0.1) is 0 Å². The number of carbonyl (C=O) groups excluding carboxylic acids is 1. The normalized spacial score (nSPS) is 28.1. The second-order valence-corrected chi connectivity index (χ2v) is 10.7. The lowest BCUT2D eigenvalue weighted by Gasteiger charge is -2.44. The zero-order valence-electron chi connectivity index (χ0n) is 18.2. The number of nitrogens with zero attached hydrogens (tertiary/aromatic N) is 2. The number of ether oxygens (including phenoxy) is 2. The Morgan fingerprint density at radius 2 is 2.00 bits per heavy atom. The summed E-state index contributed by atoms with van der Waals surface area (Å²) in [6.07, 6.45) is 5.70. The summed E-state index contributed by atoms with van der Waals surface area (Å²) in [4.78, 5) is 15.0. The number of methoxy groups -OCH3 is 1. The van der Waals surface area contributed by atoms with Crippen LogP contribution in [0.4, 0.5) is 5.69 Å². The molecular weight excluding hydrogens is 418 g/mol. The highest BCUT2D eigenvalue weighted by Gasteiger charge is 2.46. The molecule has 1 aromatic rings. The maximum Gasteiger partial charge on any atom is 0.243 e. The fourth-order valence-electron chi connectivity index (χ4n) is 5.00. The summed E-state index contributed by atoms with van der Waals surface area (Å²) in [6, 6.07) is 6.55. The molecule has 0 unspecified atom stereocenters. The van der Waals surface area contributed by atoms with Crippen LogP contribution in [-0.2, 0) is 24.3 Å². The number of hydrogen-bond acceptors (Lipinski definition) is 6. The van der Waals surface area contributed by atoms with Gasteiger partial charge in [-0.05, 0) is 50.3 Å². The summed E-state index contributed by atoms with van der Waals surface area (Å²) in [5.74, 6) is -0.161. The second-order valence-electron chi connectivity index (χ2n) is 8.77. The molecule has 2 atom stereocenters. The molecule has 9 heteroatoms. The van der Waals surface area contributed by atoms with Gasteiger partial charge in [0, 0.05) is 45.6 Å². The predicted octanol–water partition coefficient (Wildman–Crippen LogP) is 2.07. The molecule has 1 amide bonds. The molecule has 172 valence electrons. The third-order valence-electron chi connectivity index (χ3n) is 6.72. The van der Waals surface area contributed by atoms with Crippen molar-refractivity contribution >= 4 is 21.6 Å². The van der Waals surface area contributed by atoms with Gasteiger partial charge in [-0.3, -0.25) is 9.69 Å². The van der Waals surface area contributed by atoms with Crippen LogP contribution in [0.25, 0.3) is 0 Å². The van der Waals surface area contributed by atoms with Crippen LogP contribution in [-0.4, -0.2) is 81.7 Å². The minimum atomic E-state index is -3.53. The van der Waals surface area contributed by atoms with E-state index in [9.17, 15) is 13.2 Å². The first kappa shape index (κ1) is 22.7. The largest absolute Gasteiger partial charge is 0.377 e. The molecule has 3 aliphatic rings. The van der Waals surface area contributed by atoms with Gasteiger partial charge in [0.25, 0.3) is 0 Å². The van der Waals surface area contributed by atoms with E-state index in [4.69, 9.17) is 9.47 Å². The fraction of sp³-hybridized carbons (Fsp3) is 0.682. The van der Waals surface area contributed by atoms with Gasteiger partial charge in [0.05, 0.1) is 23.1 Å². The second kappa shape index (κ2) is 9.54. The highest BCUT2D eigenvalue weighted by atomic mass is 32.2. The van der Waals surface area contributed by atoms with Crippen LogP contribution in [0.2, 0.25) is 0 Å². The van der Waals surface area contributed by atoms with Crippen LogP contribution in [0.1, 0.15) is 38.5 Å². The van der Waals surface area contributed by atoms with Gasteiger partial charge >= 0.3 is 0 Å². The molecule has 8 nitrogen and oxygen atoms in total. The van der Waals surface area contributed by atoms with E-state index in [0.717, 1.165) is 51.7 Å². The van der Waals surface area contributed by atoms with E-state index < -0.39 is 10.0 Å². The van der Waals surface area contributed by atoms with Crippen molar-refractivity contribution in [2.24, 2.45) is 0 Å². The van der Waals surface area contributed by atoms with Crippen molar-refractivity contribution < 1.29 is 22.7 Å². The van der Waals surface area contributed by atoms with E-state index in [1.54, 1.807) is 31.4 Å². The fourth-order valence-corrected chi connectivity index (χ4v) is 6.56. The predicted molar refractivity (Wildman–Crippen MR) is 117 cm³/mol. The molecular formula is C22H33N3O5S. The number of amides is 1. The quantitative estimate of drug-likeness (QED) is 0.712. The zero-order valence-corrected chi connectivity index (χ0v) is 19.0. The van der Waals surface area contributed by atoms with Gasteiger partial charge in [-0.1, -0.05) is 12.5 Å². The molecule has 0 radical (unpaired) electrons. The Hall–Kier alpha value is -1.52. The standard InChI is InChI=1S/C22H33N3O5S/c1-29-20-16-24(13-10-22(20)9-6-14-30-22)17-21(26)23-18-7-5-8-19(15-18)31(27,28)25-11-3-2-4-12-25/h5,7-8,15,20H,2-4,6,9-14,16-17H2,1H3,(H,23,26)/t20-,22-/m0/s1. The van der Waals surface area contributed by atoms with E-state index in [2.05, 4.69) is 10.2 Å². The molecule has 0 saturated carbocycles. The number of rotatable bonds is 6. The summed E-state index contributed by atoms with van der Waals surface area (Å²) in [7, 11) is -1.83. The molecule has 31 heavy (non-hydrogen) atoms. The highest BCUT2D eigenvalue weighted by molar-refractivity contribution is 7.89. The molecule has 3 heterocycles. The van der Waals surface area contributed by atoms with Crippen LogP contribution < -0.4 is 5.32 Å². The maximum atomic E-state index is 12.9. The number of sulfonamides is 1. The smallest absolute Gasteiger partial charge is 0.243 e. The number of carbonyl (C=O) groups is 1. The molecule has 1 N–H and O–H groups in total. The average Bonchev–Trinajstić information content (AvgIpc) is 3.25. The number of nitrogens with one attached hydrogen (secondary N) is 1. The highest BCUT2D eigenvalue weighted by Crippen LogP contribution is 2.37. The van der Waals surface area contributed by atoms with Gasteiger partial charge in [-0.25, -0.2) is 8.42 Å². The molecule has 4 rings (SSSR count). The average molecular weight is 452 g/mol. The van der Waals surface area contributed by atoms with Crippen molar-refractivity contribution in [2.75, 3.05) is 51.8 Å². The van der Waals surface area contributed by atoms with Crippen molar-refractivity contribution in [1.82, 2.24) is 9.21 Å². The maximum absolute atomic E-state index is 12.9. The van der Waals surface area contributed by atoms with Crippen molar-refractivity contribution in [3.63, 3.8) is 0 Å². The Bertz CT molecular complexity index is 879. The Kier molecular flexibility index (Phi) is 6.98. The van der Waals surface area contributed by atoms with Gasteiger partial charge in [0.15, 0.2) is 0 Å². The molecule has 0 aromatic heterocycles. The molecule has 0 bridgehead atoms. The van der Waals surface area contributed by atoms with Crippen molar-refractivity contribution in [1.29, 1.82) is 0 Å². The summed E-state index contributed by atoms with van der Waals surface area (Å²) >= 11 is 0. The Morgan fingerprint density at radius 1 is 1.19 bits per heavy atom. The molecule has 3 aliphatic heterocycles. The minimum absolute atomic E-state index is 0.0467. The molecule has 3 saturated heterocycles. The SMILES string of the molecule is CO[C@H]1CN(CC(=O)Nc2cccc(S(=O)(=O)N3CCCCC3)c2)CC[C@@]12CCCO2. The van der Waals surface area contributed by atoms with Crippen LogP contribution in [0.5, 0.6) is 0 Å². The van der Waals surface area contributed by atoms with E-state index in [0.29, 0.717) is 25.3 Å². The van der Waals surface area contributed by atoms with E-state index in [1.165, 1.54) is 4.31 Å². The minimum Gasteiger partial charge on any atom is -0.377 e. The van der Waals surface area contributed by atoms with Crippen LogP contribution in [0.15, 0.2) is 29.2 Å². The Morgan fingerprint density at radius 3 is 2.71 bits per heavy atom. The van der Waals surface area contributed by atoms with E-state index in [1.807, 2.05) is 0 Å². The number of hydrogen-bond donors (Lipinski definition) is 1. The van der Waals surface area contributed by atoms with E-state index >= 15 is 0 Å². The third kappa shape index (κ3) is 4.96. The number of benzene rings is 1. The van der Waals surface area contributed by atoms with Gasteiger partial charge < -0.3 is 14.8 Å². The summed E-state index contributed by atoms with van der Waals surface area (Å²) in [6.45, 7) is 3.54. The molecule has 0 aliphatic carbocycles. The van der Waals surface area contributed by atoms with Crippen LogP contribution in [0.3, 0.4) is 0 Å². The monoisotopic (exact) mass is 451 g/mol. The van der Waals surface area contributed by atoms with Gasteiger partial charge in [0.1, 0.15) is 0 Å². The first-order chi connectivity index (χ1) is 14.9. The van der Waals surface area contributed by atoms with Gasteiger partial charge in [0.2, 0.25) is 15.9 Å². The summed E-state index contributed by atoms with van der Waals surface area (Å²) in [5, 5.41) is 2.86. The topological polar surface area (TPSA) is 88.2 Å². The van der Waals surface area contributed by atoms with E-state index in [-0.39, 0.29) is 29.1 Å². The molecule has 1 aromatic carbocycles. The first-order valence-electron chi connectivity index (χ1n) is 11.2. The zero-order chi connectivity index (χ0) is 21.9. The summed E-state index contributed by atoms with van der Waals surface area (Å²) in [5.41, 5.74) is 0.290. The van der Waals surface area contributed by atoms with Crippen molar-refractivity contribution in [3.8, 4) is 0 Å². The van der Waals surface area contributed by atoms with Gasteiger partial charge in [-0.15, -0.1) is 0 Å². The number of piperidine rings is 2. The number of likely N-dealkylation sites (tertiary alicyclic amines) is 1. The lowest BCUT2D eigenvalue weighted by molar-refractivity contribution is -0.145. The van der Waals surface area contributed by atoms with Crippen molar-refractivity contribution in [2.45, 2.75) is 55.1 Å². The van der Waals surface area contributed by atoms with Crippen LogP contribution >= 0.6 is 0 Å². The Balaban J connectivity index is 1.36. The first-order valence-corrected chi connectivity index (χ1v) is 12.7. The third-order valence-corrected chi connectivity index (χ3v) is 8.61. The van der Waals surface area contributed by atoms with Gasteiger partial charge in [-0.2, -0.15) is 4.31 Å². The molecule has 3 fully saturated rings. The Labute approximate surface area is 184 Å². The molecule has 1 spiro atoms. The lowest BCUT2D eigenvalue weighted by Crippen LogP contribution is -2.57. The van der Waals surface area contributed by atoms with Crippen molar-refractivity contribution in [3.05, 3.63) is 24.3 Å². The number of anilines is 1. The summed E-state index contributed by atoms with van der Waals surface area (Å²) < 4.78 is 39.1.